The van der Waals surface area contributed by atoms with Crippen molar-refractivity contribution in [3.8, 4) is 0 Å². The minimum Gasteiger partial charge on any atom is -0.349 e. The molecule has 0 saturated carbocycles. The van der Waals surface area contributed by atoms with Gasteiger partial charge in [0.25, 0.3) is 5.91 Å². The van der Waals surface area contributed by atoms with Gasteiger partial charge in [0.1, 0.15) is 5.67 Å². The fraction of sp³-hybridized carbons (Fsp3) is 0.591. The van der Waals surface area contributed by atoms with Crippen LogP contribution in [0, 0.1) is 5.92 Å². The number of carbonyl (C=O) groups is 1. The normalized spacial score (nSPS) is 17.8. The van der Waals surface area contributed by atoms with Crippen molar-refractivity contribution in [2.45, 2.75) is 52.1 Å². The van der Waals surface area contributed by atoms with Gasteiger partial charge in [0.15, 0.2) is 0 Å². The zero-order valence-corrected chi connectivity index (χ0v) is 18.5. The van der Waals surface area contributed by atoms with Crippen molar-refractivity contribution in [3.63, 3.8) is 0 Å². The number of nitrogens with zero attached hydrogens (tertiary/aromatic N) is 1. The van der Waals surface area contributed by atoms with Crippen LogP contribution in [0.3, 0.4) is 0 Å². The standard InChI is InChI=1S/C22H31Cl2FN2O/c1-4-5-17(10-16(2)3)14-27-8-6-22(25,7-9-27)15-26-21(28)18-11-19(23)13-20(24)12-18/h5,11-13,16H,4,6-10,14-15H2,1-3H3,(H,26,28)/b17-5+. The van der Waals surface area contributed by atoms with Gasteiger partial charge in [-0.15, -0.1) is 0 Å². The lowest BCUT2D eigenvalue weighted by Crippen LogP contribution is -2.48. The van der Waals surface area contributed by atoms with Crippen molar-refractivity contribution < 1.29 is 9.18 Å². The van der Waals surface area contributed by atoms with Gasteiger partial charge in [-0.1, -0.05) is 55.6 Å². The van der Waals surface area contributed by atoms with E-state index in [4.69, 9.17) is 23.2 Å². The molecule has 1 aromatic carbocycles. The van der Waals surface area contributed by atoms with Crippen molar-refractivity contribution in [1.29, 1.82) is 0 Å². The Hall–Kier alpha value is -1.10. The van der Waals surface area contributed by atoms with E-state index in [0.717, 1.165) is 19.4 Å². The van der Waals surface area contributed by atoms with Gasteiger partial charge in [-0.25, -0.2) is 4.39 Å². The number of piperidine rings is 1. The van der Waals surface area contributed by atoms with Crippen LogP contribution < -0.4 is 5.32 Å². The fourth-order valence-corrected chi connectivity index (χ4v) is 4.15. The van der Waals surface area contributed by atoms with Crippen LogP contribution >= 0.6 is 23.2 Å². The largest absolute Gasteiger partial charge is 0.349 e. The lowest BCUT2D eigenvalue weighted by Gasteiger charge is -2.37. The number of benzene rings is 1. The van der Waals surface area contributed by atoms with Crippen molar-refractivity contribution in [1.82, 2.24) is 10.2 Å². The van der Waals surface area contributed by atoms with Crippen LogP contribution in [0.1, 0.15) is 56.8 Å². The Morgan fingerprint density at radius 2 is 1.86 bits per heavy atom. The lowest BCUT2D eigenvalue weighted by atomic mass is 9.92. The number of amides is 1. The van der Waals surface area contributed by atoms with E-state index in [0.29, 0.717) is 47.5 Å². The Morgan fingerprint density at radius 3 is 2.39 bits per heavy atom. The molecule has 1 N–H and O–H groups in total. The molecule has 0 unspecified atom stereocenters. The molecule has 6 heteroatoms. The number of carbonyl (C=O) groups excluding carboxylic acids is 1. The first-order valence-corrected chi connectivity index (χ1v) is 10.8. The molecule has 0 radical (unpaired) electrons. The molecule has 1 aliphatic heterocycles. The highest BCUT2D eigenvalue weighted by molar-refractivity contribution is 6.35. The highest BCUT2D eigenvalue weighted by Crippen LogP contribution is 2.27. The van der Waals surface area contributed by atoms with Crippen molar-refractivity contribution in [2.75, 3.05) is 26.2 Å². The number of allylic oxidation sites excluding steroid dienone is 1. The van der Waals surface area contributed by atoms with Crippen LogP contribution in [0.25, 0.3) is 0 Å². The second-order valence-electron chi connectivity index (χ2n) is 8.14. The van der Waals surface area contributed by atoms with Gasteiger partial charge in [0.05, 0.1) is 6.54 Å². The monoisotopic (exact) mass is 428 g/mol. The first-order valence-electron chi connectivity index (χ1n) is 10.0. The van der Waals surface area contributed by atoms with Gasteiger partial charge in [-0.05, 0) is 49.8 Å². The minimum atomic E-state index is -1.37. The Labute approximate surface area is 178 Å². The number of likely N-dealkylation sites (tertiary alicyclic amines) is 1. The van der Waals surface area contributed by atoms with Gasteiger partial charge < -0.3 is 5.32 Å². The van der Waals surface area contributed by atoms with E-state index >= 15 is 4.39 Å². The maximum Gasteiger partial charge on any atom is 0.251 e. The molecule has 2 rings (SSSR count). The molecule has 156 valence electrons. The second kappa shape index (κ2) is 10.6. The van der Waals surface area contributed by atoms with Crippen LogP contribution in [0.4, 0.5) is 4.39 Å². The molecule has 1 saturated heterocycles. The highest BCUT2D eigenvalue weighted by atomic mass is 35.5. The second-order valence-corrected chi connectivity index (χ2v) is 9.01. The third kappa shape index (κ3) is 7.38. The third-order valence-electron chi connectivity index (χ3n) is 5.03. The number of hydrogen-bond acceptors (Lipinski definition) is 2. The van der Waals surface area contributed by atoms with Crippen LogP contribution in [0.5, 0.6) is 0 Å². The zero-order valence-electron chi connectivity index (χ0n) is 17.0. The van der Waals surface area contributed by atoms with Gasteiger partial charge in [0.2, 0.25) is 0 Å². The molecule has 0 bridgehead atoms. The maximum absolute atomic E-state index is 15.2. The van der Waals surface area contributed by atoms with Gasteiger partial charge >= 0.3 is 0 Å². The minimum absolute atomic E-state index is 0.00740. The summed E-state index contributed by atoms with van der Waals surface area (Å²) < 4.78 is 15.2. The first kappa shape index (κ1) is 23.2. The number of alkyl halides is 1. The first-order chi connectivity index (χ1) is 13.2. The molecule has 1 amide bonds. The number of nitrogens with one attached hydrogen (secondary N) is 1. The summed E-state index contributed by atoms with van der Waals surface area (Å²) in [7, 11) is 0. The average Bonchev–Trinajstić information content (AvgIpc) is 2.61. The van der Waals surface area contributed by atoms with Crippen molar-refractivity contribution >= 4 is 29.1 Å². The number of rotatable bonds is 8. The SMILES string of the molecule is CC/C=C(\CC(C)C)CN1CCC(F)(CNC(=O)c2cc(Cl)cc(Cl)c2)CC1. The summed E-state index contributed by atoms with van der Waals surface area (Å²) in [6, 6.07) is 4.63. The predicted octanol–water partition coefficient (Wildman–Crippen LogP) is 5.91. The molecule has 3 nitrogen and oxygen atoms in total. The van der Waals surface area contributed by atoms with E-state index in [9.17, 15) is 4.79 Å². The maximum atomic E-state index is 15.2. The summed E-state index contributed by atoms with van der Waals surface area (Å²) in [5, 5.41) is 3.48. The molecule has 0 aliphatic carbocycles. The molecule has 1 heterocycles. The van der Waals surface area contributed by atoms with E-state index in [2.05, 4.69) is 37.1 Å². The molecule has 28 heavy (non-hydrogen) atoms. The predicted molar refractivity (Wildman–Crippen MR) is 116 cm³/mol. The van der Waals surface area contributed by atoms with Gasteiger partial charge in [-0.2, -0.15) is 0 Å². The smallest absolute Gasteiger partial charge is 0.251 e. The molecule has 1 aromatic rings. The van der Waals surface area contributed by atoms with E-state index in [1.807, 2.05) is 0 Å². The quantitative estimate of drug-likeness (QED) is 0.521. The van der Waals surface area contributed by atoms with Crippen molar-refractivity contribution in [2.24, 2.45) is 5.92 Å². The van der Waals surface area contributed by atoms with E-state index < -0.39 is 5.67 Å². The molecule has 1 fully saturated rings. The summed E-state index contributed by atoms with van der Waals surface area (Å²) in [4.78, 5) is 14.6. The Balaban J connectivity index is 1.85. The fourth-order valence-electron chi connectivity index (χ4n) is 3.63. The molecule has 1 aliphatic rings. The zero-order chi connectivity index (χ0) is 20.7. The van der Waals surface area contributed by atoms with E-state index in [1.165, 1.54) is 17.7 Å². The molecule has 0 spiro atoms. The summed E-state index contributed by atoms with van der Waals surface area (Å²) in [5.74, 6) is 0.270. The molecule has 0 aromatic heterocycles. The van der Waals surface area contributed by atoms with Crippen LogP contribution in [0.15, 0.2) is 29.8 Å². The van der Waals surface area contributed by atoms with Gasteiger partial charge in [0, 0.05) is 35.2 Å². The molecule has 0 atom stereocenters. The van der Waals surface area contributed by atoms with Crippen LogP contribution in [-0.2, 0) is 0 Å². The number of halogens is 3. The summed E-state index contributed by atoms with van der Waals surface area (Å²) in [6.45, 7) is 8.93. The highest BCUT2D eigenvalue weighted by Gasteiger charge is 2.35. The Morgan fingerprint density at radius 1 is 1.25 bits per heavy atom. The van der Waals surface area contributed by atoms with Crippen molar-refractivity contribution in [3.05, 3.63) is 45.5 Å². The summed E-state index contributed by atoms with van der Waals surface area (Å²) >= 11 is 11.9. The topological polar surface area (TPSA) is 32.3 Å². The summed E-state index contributed by atoms with van der Waals surface area (Å²) in [5.41, 5.74) is 0.415. The molecular formula is C22H31Cl2FN2O. The van der Waals surface area contributed by atoms with E-state index in [1.54, 1.807) is 6.07 Å². The Bertz CT molecular complexity index is 678. The third-order valence-corrected chi connectivity index (χ3v) is 5.47. The van der Waals surface area contributed by atoms with E-state index in [-0.39, 0.29) is 12.5 Å². The number of hydrogen-bond donors (Lipinski definition) is 1. The van der Waals surface area contributed by atoms with Crippen LogP contribution in [-0.4, -0.2) is 42.7 Å². The lowest BCUT2D eigenvalue weighted by molar-refractivity contribution is 0.0573. The Kier molecular flexibility index (Phi) is 8.79. The average molecular weight is 429 g/mol. The van der Waals surface area contributed by atoms with Gasteiger partial charge in [-0.3, -0.25) is 9.69 Å². The molecular weight excluding hydrogens is 398 g/mol. The van der Waals surface area contributed by atoms with Crippen LogP contribution in [0.2, 0.25) is 10.0 Å². The summed E-state index contributed by atoms with van der Waals surface area (Å²) in [6.07, 6.45) is 5.26.